The molecule has 1 heterocycles. The predicted octanol–water partition coefficient (Wildman–Crippen LogP) is 2.69. The molecule has 0 amide bonds. The predicted molar refractivity (Wildman–Crippen MR) is 68.9 cm³/mol. The Balaban J connectivity index is 2.06. The van der Waals surface area contributed by atoms with E-state index in [0.717, 1.165) is 24.7 Å². The lowest BCUT2D eigenvalue weighted by Gasteiger charge is -2.36. The normalized spacial score (nSPS) is 24.3. The summed E-state index contributed by atoms with van der Waals surface area (Å²) < 4.78 is 0. The van der Waals surface area contributed by atoms with Crippen LogP contribution in [0.2, 0.25) is 5.02 Å². The molecular weight excluding hydrogens is 220 g/mol. The maximum Gasteiger partial charge on any atom is 0.0406 e. The third kappa shape index (κ3) is 2.76. The molecule has 2 atom stereocenters. The smallest absolute Gasteiger partial charge is 0.0406 e. The van der Waals surface area contributed by atoms with Gasteiger partial charge in [0.1, 0.15) is 0 Å². The Morgan fingerprint density at radius 3 is 2.69 bits per heavy atom. The first kappa shape index (κ1) is 11.9. The number of hydrogen-bond acceptors (Lipinski definition) is 2. The van der Waals surface area contributed by atoms with E-state index in [0.29, 0.717) is 12.1 Å². The third-order valence-corrected chi connectivity index (χ3v) is 3.55. The number of nitrogens with one attached hydrogen (secondary N) is 1. The Hall–Kier alpha value is -0.570. The van der Waals surface area contributed by atoms with Crippen molar-refractivity contribution in [1.82, 2.24) is 10.2 Å². The van der Waals surface area contributed by atoms with E-state index >= 15 is 0 Å². The lowest BCUT2D eigenvalue weighted by atomic mass is 10.1. The van der Waals surface area contributed by atoms with Gasteiger partial charge in [0.25, 0.3) is 0 Å². The van der Waals surface area contributed by atoms with E-state index < -0.39 is 0 Å². The van der Waals surface area contributed by atoms with Gasteiger partial charge >= 0.3 is 0 Å². The van der Waals surface area contributed by atoms with Crippen LogP contribution in [0.1, 0.15) is 25.5 Å². The minimum atomic E-state index is 0.474. The summed E-state index contributed by atoms with van der Waals surface area (Å²) in [6, 6.07) is 9.25. The maximum atomic E-state index is 5.90. The Labute approximate surface area is 103 Å². The molecule has 1 aromatic carbocycles. The lowest BCUT2D eigenvalue weighted by molar-refractivity contribution is 0.159. The summed E-state index contributed by atoms with van der Waals surface area (Å²) in [4.78, 5) is 2.52. The fourth-order valence-electron chi connectivity index (χ4n) is 2.27. The van der Waals surface area contributed by atoms with Crippen molar-refractivity contribution in [3.8, 4) is 0 Å². The van der Waals surface area contributed by atoms with E-state index in [4.69, 9.17) is 11.6 Å². The molecular formula is C13H19ClN2. The number of hydrogen-bond donors (Lipinski definition) is 1. The first-order valence-corrected chi connectivity index (χ1v) is 6.27. The second kappa shape index (κ2) is 5.17. The summed E-state index contributed by atoms with van der Waals surface area (Å²) in [5.41, 5.74) is 1.35. The number of benzene rings is 1. The molecule has 1 aromatic rings. The van der Waals surface area contributed by atoms with Crippen molar-refractivity contribution in [2.24, 2.45) is 0 Å². The van der Waals surface area contributed by atoms with E-state index in [9.17, 15) is 0 Å². The SMILES string of the molecule is CC1CN(C(C)c2ccc(Cl)cc2)CCN1. The molecule has 0 aliphatic carbocycles. The molecule has 1 N–H and O–H groups in total. The largest absolute Gasteiger partial charge is 0.312 e. The highest BCUT2D eigenvalue weighted by molar-refractivity contribution is 6.30. The Morgan fingerprint density at radius 1 is 1.38 bits per heavy atom. The van der Waals surface area contributed by atoms with Gasteiger partial charge in [0, 0.05) is 36.7 Å². The molecule has 0 saturated carbocycles. The van der Waals surface area contributed by atoms with Crippen LogP contribution in [0.15, 0.2) is 24.3 Å². The summed E-state index contributed by atoms with van der Waals surface area (Å²) in [6.07, 6.45) is 0. The monoisotopic (exact) mass is 238 g/mol. The van der Waals surface area contributed by atoms with Crippen LogP contribution in [0.5, 0.6) is 0 Å². The van der Waals surface area contributed by atoms with Crippen LogP contribution in [0.3, 0.4) is 0 Å². The van der Waals surface area contributed by atoms with Crippen LogP contribution in [-0.4, -0.2) is 30.6 Å². The van der Waals surface area contributed by atoms with Crippen LogP contribution in [0.4, 0.5) is 0 Å². The maximum absolute atomic E-state index is 5.90. The zero-order chi connectivity index (χ0) is 11.5. The van der Waals surface area contributed by atoms with Gasteiger partial charge in [0.15, 0.2) is 0 Å². The minimum absolute atomic E-state index is 0.474. The first-order chi connectivity index (χ1) is 7.66. The molecule has 1 aliphatic heterocycles. The highest BCUT2D eigenvalue weighted by Gasteiger charge is 2.21. The topological polar surface area (TPSA) is 15.3 Å². The second-order valence-electron chi connectivity index (χ2n) is 4.58. The van der Waals surface area contributed by atoms with Gasteiger partial charge in [0.2, 0.25) is 0 Å². The molecule has 16 heavy (non-hydrogen) atoms. The van der Waals surface area contributed by atoms with Gasteiger partial charge < -0.3 is 5.32 Å². The zero-order valence-electron chi connectivity index (χ0n) is 9.91. The molecule has 2 nitrogen and oxygen atoms in total. The Kier molecular flexibility index (Phi) is 3.85. The number of halogens is 1. The van der Waals surface area contributed by atoms with E-state index in [2.05, 4.69) is 36.2 Å². The first-order valence-electron chi connectivity index (χ1n) is 5.89. The van der Waals surface area contributed by atoms with Crippen molar-refractivity contribution >= 4 is 11.6 Å². The van der Waals surface area contributed by atoms with Gasteiger partial charge in [0.05, 0.1) is 0 Å². The van der Waals surface area contributed by atoms with Crippen molar-refractivity contribution in [2.75, 3.05) is 19.6 Å². The molecule has 3 heteroatoms. The molecule has 2 unspecified atom stereocenters. The molecule has 88 valence electrons. The third-order valence-electron chi connectivity index (χ3n) is 3.30. The average molecular weight is 239 g/mol. The van der Waals surface area contributed by atoms with Crippen LogP contribution < -0.4 is 5.32 Å². The zero-order valence-corrected chi connectivity index (χ0v) is 10.7. The van der Waals surface area contributed by atoms with Gasteiger partial charge in [-0.1, -0.05) is 23.7 Å². The highest BCUT2D eigenvalue weighted by Crippen LogP contribution is 2.22. The van der Waals surface area contributed by atoms with Crippen LogP contribution in [-0.2, 0) is 0 Å². The fourth-order valence-corrected chi connectivity index (χ4v) is 2.39. The molecule has 1 saturated heterocycles. The van der Waals surface area contributed by atoms with Crippen molar-refractivity contribution < 1.29 is 0 Å². The average Bonchev–Trinajstić information content (AvgIpc) is 2.29. The highest BCUT2D eigenvalue weighted by atomic mass is 35.5. The molecule has 0 aromatic heterocycles. The van der Waals surface area contributed by atoms with Gasteiger partial charge in [-0.25, -0.2) is 0 Å². The van der Waals surface area contributed by atoms with E-state index in [1.165, 1.54) is 5.56 Å². The summed E-state index contributed by atoms with van der Waals surface area (Å²) in [6.45, 7) is 7.82. The van der Waals surface area contributed by atoms with E-state index in [1.54, 1.807) is 0 Å². The Bertz CT molecular complexity index is 336. The Morgan fingerprint density at radius 2 is 2.06 bits per heavy atom. The van der Waals surface area contributed by atoms with Gasteiger partial charge in [-0.2, -0.15) is 0 Å². The van der Waals surface area contributed by atoms with E-state index in [1.807, 2.05) is 12.1 Å². The van der Waals surface area contributed by atoms with Crippen molar-refractivity contribution in [3.63, 3.8) is 0 Å². The van der Waals surface area contributed by atoms with Crippen LogP contribution in [0.25, 0.3) is 0 Å². The molecule has 0 bridgehead atoms. The van der Waals surface area contributed by atoms with Crippen molar-refractivity contribution in [3.05, 3.63) is 34.9 Å². The number of rotatable bonds is 2. The number of nitrogens with zero attached hydrogens (tertiary/aromatic N) is 1. The molecule has 2 rings (SSSR count). The van der Waals surface area contributed by atoms with Crippen molar-refractivity contribution in [1.29, 1.82) is 0 Å². The summed E-state index contributed by atoms with van der Waals surface area (Å²) in [5, 5.41) is 4.27. The van der Waals surface area contributed by atoms with Gasteiger partial charge in [-0.15, -0.1) is 0 Å². The molecule has 1 fully saturated rings. The molecule has 0 radical (unpaired) electrons. The minimum Gasteiger partial charge on any atom is -0.312 e. The van der Waals surface area contributed by atoms with Crippen molar-refractivity contribution in [2.45, 2.75) is 25.9 Å². The standard InChI is InChI=1S/C13H19ClN2/c1-10-9-16(8-7-15-10)11(2)12-3-5-13(14)6-4-12/h3-6,10-11,15H,7-9H2,1-2H3. The van der Waals surface area contributed by atoms with Crippen LogP contribution >= 0.6 is 11.6 Å². The van der Waals surface area contributed by atoms with Crippen LogP contribution in [0, 0.1) is 0 Å². The summed E-state index contributed by atoms with van der Waals surface area (Å²) >= 11 is 5.90. The lowest BCUT2D eigenvalue weighted by Crippen LogP contribution is -2.49. The van der Waals surface area contributed by atoms with Gasteiger partial charge in [-0.05, 0) is 31.5 Å². The summed E-state index contributed by atoms with van der Waals surface area (Å²) in [5.74, 6) is 0. The van der Waals surface area contributed by atoms with E-state index in [-0.39, 0.29) is 0 Å². The second-order valence-corrected chi connectivity index (χ2v) is 5.01. The quantitative estimate of drug-likeness (QED) is 0.853. The molecule has 1 aliphatic rings. The number of piperazine rings is 1. The summed E-state index contributed by atoms with van der Waals surface area (Å²) in [7, 11) is 0. The fraction of sp³-hybridized carbons (Fsp3) is 0.538. The molecule has 0 spiro atoms. The van der Waals surface area contributed by atoms with Gasteiger partial charge in [-0.3, -0.25) is 4.90 Å².